The number of nitrogens with one attached hydrogen (secondary N) is 2. The Morgan fingerprint density at radius 2 is 2.11 bits per heavy atom. The minimum absolute atomic E-state index is 0.0752. The molecule has 1 aromatic rings. The third-order valence-electron chi connectivity index (χ3n) is 2.71. The number of H-pyrrole nitrogens is 1. The number of nitrogens with zero attached hydrogens (tertiary/aromatic N) is 1. The lowest BCUT2D eigenvalue weighted by molar-refractivity contribution is 0.282. The predicted octanol–water partition coefficient (Wildman–Crippen LogP) is 0.417. The molecule has 1 aromatic heterocycles. The highest BCUT2D eigenvalue weighted by Crippen LogP contribution is 2.18. The van der Waals surface area contributed by atoms with Crippen LogP contribution >= 0.6 is 11.8 Å². The molecule has 0 aliphatic heterocycles. The van der Waals surface area contributed by atoms with Gasteiger partial charge in [-0.2, -0.15) is 16.9 Å². The van der Waals surface area contributed by atoms with Crippen molar-refractivity contribution in [1.82, 2.24) is 14.9 Å². The van der Waals surface area contributed by atoms with Gasteiger partial charge in [0.05, 0.1) is 18.0 Å². The Morgan fingerprint density at radius 1 is 1.50 bits per heavy atom. The van der Waals surface area contributed by atoms with Crippen LogP contribution in [0.5, 0.6) is 0 Å². The fraction of sp³-hybridized carbons (Fsp3) is 0.700. The van der Waals surface area contributed by atoms with Gasteiger partial charge in [-0.1, -0.05) is 0 Å². The molecule has 0 spiro atoms. The smallest absolute Gasteiger partial charge is 0.244 e. The van der Waals surface area contributed by atoms with Crippen LogP contribution in [-0.4, -0.2) is 47.9 Å². The van der Waals surface area contributed by atoms with E-state index in [-0.39, 0.29) is 22.8 Å². The molecule has 0 aliphatic rings. The van der Waals surface area contributed by atoms with Crippen molar-refractivity contribution >= 4 is 21.8 Å². The number of aromatic nitrogens is 2. The van der Waals surface area contributed by atoms with Crippen LogP contribution in [-0.2, 0) is 10.0 Å². The number of aromatic amines is 1. The fourth-order valence-corrected chi connectivity index (χ4v) is 4.12. The molecule has 0 amide bonds. The van der Waals surface area contributed by atoms with Gasteiger partial charge < -0.3 is 5.11 Å². The largest absolute Gasteiger partial charge is 0.395 e. The average molecular weight is 293 g/mol. The Labute approximate surface area is 112 Å². The van der Waals surface area contributed by atoms with E-state index in [1.165, 1.54) is 11.8 Å². The molecular formula is C10H19N3O3S2. The summed E-state index contributed by atoms with van der Waals surface area (Å²) in [4.78, 5) is 0.187. The molecule has 0 fully saturated rings. The first-order valence-electron chi connectivity index (χ1n) is 5.51. The first-order chi connectivity index (χ1) is 8.33. The molecule has 2 atom stereocenters. The van der Waals surface area contributed by atoms with Crippen molar-refractivity contribution in [2.45, 2.75) is 37.0 Å². The van der Waals surface area contributed by atoms with Crippen molar-refractivity contribution in [2.24, 2.45) is 0 Å². The number of hydrogen-bond acceptors (Lipinski definition) is 5. The molecule has 0 radical (unpaired) electrons. The van der Waals surface area contributed by atoms with Crippen molar-refractivity contribution in [3.8, 4) is 0 Å². The predicted molar refractivity (Wildman–Crippen MR) is 72.2 cm³/mol. The SMILES string of the molecule is CSC(CO)C(C)NS(=O)(=O)c1c(C)n[nH]c1C. The number of aliphatic hydroxyl groups excluding tert-OH is 1. The van der Waals surface area contributed by atoms with Gasteiger partial charge in [0, 0.05) is 11.3 Å². The Balaban J connectivity index is 2.96. The third kappa shape index (κ3) is 3.25. The van der Waals surface area contributed by atoms with Gasteiger partial charge >= 0.3 is 0 Å². The molecule has 0 bridgehead atoms. The number of aliphatic hydroxyl groups is 1. The van der Waals surface area contributed by atoms with Crippen molar-refractivity contribution in [2.75, 3.05) is 12.9 Å². The molecule has 3 N–H and O–H groups in total. The van der Waals surface area contributed by atoms with Crippen LogP contribution in [0.4, 0.5) is 0 Å². The lowest BCUT2D eigenvalue weighted by Gasteiger charge is -2.21. The van der Waals surface area contributed by atoms with E-state index in [9.17, 15) is 8.42 Å². The zero-order valence-electron chi connectivity index (χ0n) is 10.9. The van der Waals surface area contributed by atoms with Crippen molar-refractivity contribution in [1.29, 1.82) is 0 Å². The van der Waals surface area contributed by atoms with Gasteiger partial charge in [-0.15, -0.1) is 0 Å². The van der Waals surface area contributed by atoms with E-state index >= 15 is 0 Å². The van der Waals surface area contributed by atoms with Crippen molar-refractivity contribution < 1.29 is 13.5 Å². The van der Waals surface area contributed by atoms with E-state index in [1.807, 2.05) is 6.26 Å². The first kappa shape index (κ1) is 15.5. The molecule has 0 saturated carbocycles. The van der Waals surface area contributed by atoms with Gasteiger partial charge in [-0.05, 0) is 27.0 Å². The summed E-state index contributed by atoms with van der Waals surface area (Å²) in [5.74, 6) is 0. The van der Waals surface area contributed by atoms with Crippen LogP contribution in [0.2, 0.25) is 0 Å². The lowest BCUT2D eigenvalue weighted by atomic mass is 10.3. The van der Waals surface area contributed by atoms with Gasteiger partial charge in [0.2, 0.25) is 10.0 Å². The topological polar surface area (TPSA) is 95.1 Å². The summed E-state index contributed by atoms with van der Waals surface area (Å²) < 4.78 is 27.0. The molecule has 1 heterocycles. The van der Waals surface area contributed by atoms with Crippen LogP contribution in [0.3, 0.4) is 0 Å². The summed E-state index contributed by atoms with van der Waals surface area (Å²) in [6.07, 6.45) is 1.83. The quantitative estimate of drug-likeness (QED) is 0.706. The number of sulfonamides is 1. The molecule has 6 nitrogen and oxygen atoms in total. The third-order valence-corrected chi connectivity index (χ3v) is 5.69. The molecule has 0 saturated heterocycles. The zero-order valence-corrected chi connectivity index (χ0v) is 12.5. The van der Waals surface area contributed by atoms with Gasteiger partial charge in [-0.25, -0.2) is 13.1 Å². The van der Waals surface area contributed by atoms with Crippen LogP contribution in [0.1, 0.15) is 18.3 Å². The number of thioether (sulfide) groups is 1. The van der Waals surface area contributed by atoms with Crippen molar-refractivity contribution in [3.63, 3.8) is 0 Å². The first-order valence-corrected chi connectivity index (χ1v) is 8.28. The van der Waals surface area contributed by atoms with Crippen LogP contribution in [0, 0.1) is 13.8 Å². The summed E-state index contributed by atoms with van der Waals surface area (Å²) in [7, 11) is -3.61. The minimum atomic E-state index is -3.61. The summed E-state index contributed by atoms with van der Waals surface area (Å²) in [5.41, 5.74) is 0.953. The molecule has 18 heavy (non-hydrogen) atoms. The highest BCUT2D eigenvalue weighted by Gasteiger charge is 2.26. The molecule has 2 unspecified atom stereocenters. The number of rotatable bonds is 6. The van der Waals surface area contributed by atoms with Gasteiger partial charge in [0.25, 0.3) is 0 Å². The minimum Gasteiger partial charge on any atom is -0.395 e. The van der Waals surface area contributed by atoms with Crippen LogP contribution in [0.25, 0.3) is 0 Å². The van der Waals surface area contributed by atoms with Gasteiger partial charge in [0.15, 0.2) is 0 Å². The van der Waals surface area contributed by atoms with E-state index in [1.54, 1.807) is 20.8 Å². The highest BCUT2D eigenvalue weighted by molar-refractivity contribution is 7.99. The second kappa shape index (κ2) is 6.05. The van der Waals surface area contributed by atoms with E-state index in [0.29, 0.717) is 11.4 Å². The van der Waals surface area contributed by atoms with Gasteiger partial charge in [-0.3, -0.25) is 5.10 Å². The number of hydrogen-bond donors (Lipinski definition) is 3. The zero-order chi connectivity index (χ0) is 13.9. The molecule has 0 aliphatic carbocycles. The second-order valence-electron chi connectivity index (χ2n) is 4.13. The summed E-state index contributed by atoms with van der Waals surface area (Å²) in [6, 6.07) is -0.358. The molecular weight excluding hydrogens is 274 g/mol. The van der Waals surface area contributed by atoms with Crippen LogP contribution < -0.4 is 4.72 Å². The standard InChI is InChI=1S/C10H19N3O3S2/c1-6(9(5-14)17-4)13-18(15,16)10-7(2)11-12-8(10)3/h6,9,13-14H,5H2,1-4H3,(H,11,12). The maximum atomic E-state index is 12.2. The van der Waals surface area contributed by atoms with E-state index < -0.39 is 10.0 Å². The van der Waals surface area contributed by atoms with Gasteiger partial charge in [0.1, 0.15) is 4.90 Å². The average Bonchev–Trinajstić information content (AvgIpc) is 2.59. The molecule has 1 rings (SSSR count). The number of aryl methyl sites for hydroxylation is 2. The fourth-order valence-electron chi connectivity index (χ4n) is 1.75. The molecule has 0 aromatic carbocycles. The Bertz CT molecular complexity index is 475. The summed E-state index contributed by atoms with van der Waals surface area (Å²) >= 11 is 1.42. The second-order valence-corrected chi connectivity index (χ2v) is 6.86. The maximum absolute atomic E-state index is 12.2. The monoisotopic (exact) mass is 293 g/mol. The molecule has 104 valence electrons. The Hall–Kier alpha value is -0.570. The van der Waals surface area contributed by atoms with E-state index in [2.05, 4.69) is 14.9 Å². The van der Waals surface area contributed by atoms with Crippen molar-refractivity contribution in [3.05, 3.63) is 11.4 Å². The Kier molecular flexibility index (Phi) is 5.20. The molecule has 8 heteroatoms. The normalized spacial score (nSPS) is 15.6. The summed E-state index contributed by atoms with van der Waals surface area (Å²) in [5, 5.41) is 15.5. The van der Waals surface area contributed by atoms with Crippen LogP contribution in [0.15, 0.2) is 4.90 Å². The summed E-state index contributed by atoms with van der Waals surface area (Å²) in [6.45, 7) is 4.96. The van der Waals surface area contributed by atoms with E-state index in [4.69, 9.17) is 5.11 Å². The lowest BCUT2D eigenvalue weighted by Crippen LogP contribution is -2.41. The van der Waals surface area contributed by atoms with E-state index in [0.717, 1.165) is 0 Å². The maximum Gasteiger partial charge on any atom is 0.244 e. The Morgan fingerprint density at radius 3 is 2.50 bits per heavy atom. The highest BCUT2D eigenvalue weighted by atomic mass is 32.2.